The Bertz CT molecular complexity index is 1190. The minimum Gasteiger partial charge on any atom is -0.497 e. The van der Waals surface area contributed by atoms with Crippen molar-refractivity contribution in [1.29, 1.82) is 0 Å². The molecular formula is C31H30N2O3. The van der Waals surface area contributed by atoms with E-state index >= 15 is 0 Å². The van der Waals surface area contributed by atoms with Gasteiger partial charge in [-0.2, -0.15) is 0 Å². The number of carbonyl (C=O) groups is 2. The molecule has 0 unspecified atom stereocenters. The predicted octanol–water partition coefficient (Wildman–Crippen LogP) is 4.63. The molecule has 0 aliphatic carbocycles. The largest absolute Gasteiger partial charge is 0.497 e. The zero-order chi connectivity index (χ0) is 25.4. The second-order valence-electron chi connectivity index (χ2n) is 8.76. The van der Waals surface area contributed by atoms with E-state index in [1.54, 1.807) is 7.11 Å². The van der Waals surface area contributed by atoms with Gasteiger partial charge in [-0.1, -0.05) is 103 Å². The Morgan fingerprint density at radius 2 is 1.28 bits per heavy atom. The van der Waals surface area contributed by atoms with Gasteiger partial charge >= 0.3 is 0 Å². The molecule has 0 aromatic heterocycles. The van der Waals surface area contributed by atoms with Gasteiger partial charge in [0.2, 0.25) is 11.8 Å². The molecule has 3 N–H and O–H groups in total. The number of nitrogens with two attached hydrogens (primary N) is 1. The van der Waals surface area contributed by atoms with Crippen LogP contribution in [-0.2, 0) is 21.4 Å². The Morgan fingerprint density at radius 1 is 0.778 bits per heavy atom. The highest BCUT2D eigenvalue weighted by Gasteiger charge is 2.39. The summed E-state index contributed by atoms with van der Waals surface area (Å²) >= 11 is 0. The molecule has 0 bridgehead atoms. The van der Waals surface area contributed by atoms with E-state index in [0.29, 0.717) is 5.75 Å². The summed E-state index contributed by atoms with van der Waals surface area (Å²) in [7, 11) is 1.59. The van der Waals surface area contributed by atoms with Gasteiger partial charge in [0.1, 0.15) is 11.8 Å². The first-order valence-electron chi connectivity index (χ1n) is 11.9. The molecule has 1 atom stereocenters. The molecule has 0 saturated carbocycles. The van der Waals surface area contributed by atoms with Crippen molar-refractivity contribution in [2.75, 3.05) is 7.11 Å². The van der Waals surface area contributed by atoms with Crippen LogP contribution in [0.2, 0.25) is 0 Å². The quantitative estimate of drug-likeness (QED) is 0.326. The van der Waals surface area contributed by atoms with Crippen LogP contribution in [0.15, 0.2) is 115 Å². The van der Waals surface area contributed by atoms with Crippen molar-refractivity contribution in [3.63, 3.8) is 0 Å². The third kappa shape index (κ3) is 5.47. The molecule has 0 saturated heterocycles. The topological polar surface area (TPSA) is 81.4 Å². The SMILES string of the molecule is COc1cccc(C[C@H](NC(=O)CC(c2ccccc2)(c2ccccc2)c2ccccc2)C(N)=O)c1. The number of primary amides is 1. The number of hydrogen-bond acceptors (Lipinski definition) is 3. The maximum Gasteiger partial charge on any atom is 0.240 e. The second-order valence-corrected chi connectivity index (χ2v) is 8.76. The van der Waals surface area contributed by atoms with Crippen LogP contribution in [0.4, 0.5) is 0 Å². The molecule has 4 aromatic carbocycles. The van der Waals surface area contributed by atoms with Gasteiger partial charge < -0.3 is 15.8 Å². The highest BCUT2D eigenvalue weighted by Crippen LogP contribution is 2.42. The van der Waals surface area contributed by atoms with Crippen LogP contribution >= 0.6 is 0 Å². The predicted molar refractivity (Wildman–Crippen MR) is 142 cm³/mol. The number of nitrogens with one attached hydrogen (secondary N) is 1. The number of rotatable bonds is 10. The van der Waals surface area contributed by atoms with E-state index in [9.17, 15) is 9.59 Å². The number of amides is 2. The molecule has 0 aliphatic heterocycles. The fraction of sp³-hybridized carbons (Fsp3) is 0.161. The van der Waals surface area contributed by atoms with E-state index in [1.165, 1.54) is 0 Å². The summed E-state index contributed by atoms with van der Waals surface area (Å²) < 4.78 is 5.29. The third-order valence-electron chi connectivity index (χ3n) is 6.48. The minimum atomic E-state index is -0.857. The summed E-state index contributed by atoms with van der Waals surface area (Å²) in [6.45, 7) is 0. The second kappa shape index (κ2) is 11.4. The maximum atomic E-state index is 13.7. The zero-order valence-corrected chi connectivity index (χ0v) is 20.3. The van der Waals surface area contributed by atoms with Crippen LogP contribution in [0.5, 0.6) is 5.75 Å². The van der Waals surface area contributed by atoms with Gasteiger partial charge in [-0.15, -0.1) is 0 Å². The van der Waals surface area contributed by atoms with Crippen LogP contribution in [0, 0.1) is 0 Å². The Labute approximate surface area is 211 Å². The molecule has 0 spiro atoms. The Hall–Kier alpha value is -4.38. The van der Waals surface area contributed by atoms with Gasteiger partial charge in [-0.05, 0) is 34.4 Å². The van der Waals surface area contributed by atoms with Crippen LogP contribution in [0.25, 0.3) is 0 Å². The summed E-state index contributed by atoms with van der Waals surface area (Å²) in [6.07, 6.45) is 0.375. The van der Waals surface area contributed by atoms with Crippen molar-refractivity contribution in [3.8, 4) is 5.75 Å². The lowest BCUT2D eigenvalue weighted by atomic mass is 9.67. The molecule has 0 radical (unpaired) electrons. The van der Waals surface area contributed by atoms with Crippen molar-refractivity contribution < 1.29 is 14.3 Å². The average molecular weight is 479 g/mol. The average Bonchev–Trinajstić information content (AvgIpc) is 2.93. The van der Waals surface area contributed by atoms with E-state index in [0.717, 1.165) is 22.3 Å². The third-order valence-corrected chi connectivity index (χ3v) is 6.48. The molecule has 2 amide bonds. The number of ether oxygens (including phenoxy) is 1. The number of carbonyl (C=O) groups excluding carboxylic acids is 2. The summed E-state index contributed by atoms with van der Waals surface area (Å²) in [5.74, 6) is -0.174. The summed E-state index contributed by atoms with van der Waals surface area (Å²) in [4.78, 5) is 26.0. The summed E-state index contributed by atoms with van der Waals surface area (Å²) in [5, 5.41) is 2.91. The van der Waals surface area contributed by atoms with Crippen LogP contribution < -0.4 is 15.8 Å². The highest BCUT2D eigenvalue weighted by molar-refractivity contribution is 5.88. The molecule has 0 aliphatic rings. The molecule has 4 aromatic rings. The number of methoxy groups -OCH3 is 1. The molecule has 5 nitrogen and oxygen atoms in total. The lowest BCUT2D eigenvalue weighted by Gasteiger charge is -2.36. The lowest BCUT2D eigenvalue weighted by molar-refractivity contribution is -0.127. The molecular weight excluding hydrogens is 448 g/mol. The fourth-order valence-electron chi connectivity index (χ4n) is 4.72. The monoisotopic (exact) mass is 478 g/mol. The first kappa shape index (κ1) is 24.7. The van der Waals surface area contributed by atoms with Crippen LogP contribution in [0.1, 0.15) is 28.7 Å². The Morgan fingerprint density at radius 3 is 1.72 bits per heavy atom. The van der Waals surface area contributed by atoms with Crippen molar-refractivity contribution in [1.82, 2.24) is 5.32 Å². The fourth-order valence-corrected chi connectivity index (χ4v) is 4.72. The Kier molecular flexibility index (Phi) is 7.81. The van der Waals surface area contributed by atoms with Gasteiger partial charge in [0, 0.05) is 12.8 Å². The molecule has 182 valence electrons. The van der Waals surface area contributed by atoms with Crippen molar-refractivity contribution in [2.24, 2.45) is 5.73 Å². The van der Waals surface area contributed by atoms with Gasteiger partial charge in [-0.25, -0.2) is 0 Å². The van der Waals surface area contributed by atoms with Crippen molar-refractivity contribution in [2.45, 2.75) is 24.3 Å². The van der Waals surface area contributed by atoms with Crippen LogP contribution in [0.3, 0.4) is 0 Å². The van der Waals surface area contributed by atoms with Crippen molar-refractivity contribution in [3.05, 3.63) is 138 Å². The van der Waals surface area contributed by atoms with E-state index in [2.05, 4.69) is 5.32 Å². The molecule has 0 heterocycles. The lowest BCUT2D eigenvalue weighted by Crippen LogP contribution is -2.48. The van der Waals surface area contributed by atoms with E-state index in [-0.39, 0.29) is 18.7 Å². The van der Waals surface area contributed by atoms with E-state index < -0.39 is 17.4 Å². The minimum absolute atomic E-state index is 0.104. The summed E-state index contributed by atoms with van der Waals surface area (Å²) in [5.41, 5.74) is 8.76. The molecule has 0 fully saturated rings. The highest BCUT2D eigenvalue weighted by atomic mass is 16.5. The first-order chi connectivity index (χ1) is 17.5. The van der Waals surface area contributed by atoms with Gasteiger partial charge in [-0.3, -0.25) is 9.59 Å². The standard InChI is InChI=1S/C31H30N2O3/c1-36-27-19-11-12-23(20-27)21-28(30(32)35)33-29(34)22-31(24-13-5-2-6-14-24,25-15-7-3-8-16-25)26-17-9-4-10-18-26/h2-20,28H,21-22H2,1H3,(H2,32,35)(H,33,34)/t28-/m0/s1. The van der Waals surface area contributed by atoms with Gasteiger partial charge in [0.15, 0.2) is 0 Å². The summed E-state index contributed by atoms with van der Waals surface area (Å²) in [6, 6.07) is 36.5. The number of benzene rings is 4. The first-order valence-corrected chi connectivity index (χ1v) is 11.9. The normalized spacial score (nSPS) is 11.9. The molecule has 5 heteroatoms. The maximum absolute atomic E-state index is 13.7. The molecule has 4 rings (SSSR count). The number of hydrogen-bond donors (Lipinski definition) is 2. The van der Waals surface area contributed by atoms with E-state index in [1.807, 2.05) is 115 Å². The smallest absolute Gasteiger partial charge is 0.240 e. The van der Waals surface area contributed by atoms with E-state index in [4.69, 9.17) is 10.5 Å². The Balaban J connectivity index is 1.71. The van der Waals surface area contributed by atoms with Gasteiger partial charge in [0.25, 0.3) is 0 Å². The van der Waals surface area contributed by atoms with Crippen molar-refractivity contribution >= 4 is 11.8 Å². The molecule has 36 heavy (non-hydrogen) atoms. The van der Waals surface area contributed by atoms with Gasteiger partial charge in [0.05, 0.1) is 12.5 Å². The zero-order valence-electron chi connectivity index (χ0n) is 20.3. The van der Waals surface area contributed by atoms with Crippen LogP contribution in [-0.4, -0.2) is 25.0 Å².